The third-order valence-electron chi connectivity index (χ3n) is 4.46. The van der Waals surface area contributed by atoms with Gasteiger partial charge in [-0.3, -0.25) is 4.79 Å². The third kappa shape index (κ3) is 1.82. The molecule has 0 aromatic carbocycles. The van der Waals surface area contributed by atoms with Crippen molar-refractivity contribution in [3.63, 3.8) is 0 Å². The SMILES string of the molecule is Cc1cc(C(=O)NC2C3CCC(C3)C2CO)no1. The number of hydrogen-bond donors (Lipinski definition) is 2. The number of aromatic nitrogens is 1. The van der Waals surface area contributed by atoms with Crippen LogP contribution in [0.15, 0.2) is 10.6 Å². The highest BCUT2D eigenvalue weighted by atomic mass is 16.5. The highest BCUT2D eigenvalue weighted by Crippen LogP contribution is 2.48. The van der Waals surface area contributed by atoms with Crippen molar-refractivity contribution in [3.8, 4) is 0 Å². The van der Waals surface area contributed by atoms with Crippen LogP contribution in [0.1, 0.15) is 35.5 Å². The maximum atomic E-state index is 12.0. The van der Waals surface area contributed by atoms with Gasteiger partial charge in [0.15, 0.2) is 5.69 Å². The Morgan fingerprint density at radius 3 is 3.00 bits per heavy atom. The first kappa shape index (κ1) is 11.7. The van der Waals surface area contributed by atoms with Crippen molar-refractivity contribution in [3.05, 3.63) is 17.5 Å². The molecular weight excluding hydrogens is 232 g/mol. The molecule has 2 fully saturated rings. The minimum Gasteiger partial charge on any atom is -0.396 e. The van der Waals surface area contributed by atoms with E-state index in [4.69, 9.17) is 4.52 Å². The lowest BCUT2D eigenvalue weighted by Crippen LogP contribution is -2.45. The summed E-state index contributed by atoms with van der Waals surface area (Å²) in [6.07, 6.45) is 3.48. The van der Waals surface area contributed by atoms with Crippen LogP contribution in [0.2, 0.25) is 0 Å². The summed E-state index contributed by atoms with van der Waals surface area (Å²) in [5.74, 6) is 1.74. The summed E-state index contributed by atoms with van der Waals surface area (Å²) >= 11 is 0. The van der Waals surface area contributed by atoms with Gasteiger partial charge >= 0.3 is 0 Å². The van der Waals surface area contributed by atoms with Gasteiger partial charge in [0.05, 0.1) is 0 Å². The zero-order chi connectivity index (χ0) is 12.7. The first-order valence-electron chi connectivity index (χ1n) is 6.54. The fourth-order valence-corrected chi connectivity index (χ4v) is 3.60. The smallest absolute Gasteiger partial charge is 0.273 e. The summed E-state index contributed by atoms with van der Waals surface area (Å²) in [6.45, 7) is 1.92. The molecule has 2 bridgehead atoms. The topological polar surface area (TPSA) is 75.4 Å². The number of carbonyl (C=O) groups excluding carboxylic acids is 1. The molecule has 0 spiro atoms. The molecule has 2 saturated carbocycles. The van der Waals surface area contributed by atoms with E-state index in [0.29, 0.717) is 23.3 Å². The van der Waals surface area contributed by atoms with Crippen LogP contribution in [-0.2, 0) is 0 Å². The number of aliphatic hydroxyl groups is 1. The number of aliphatic hydroxyl groups excluding tert-OH is 1. The molecule has 0 radical (unpaired) electrons. The van der Waals surface area contributed by atoms with Gasteiger partial charge in [0.2, 0.25) is 0 Å². The van der Waals surface area contributed by atoms with Crippen LogP contribution in [0.25, 0.3) is 0 Å². The largest absolute Gasteiger partial charge is 0.396 e. The Labute approximate surface area is 106 Å². The molecule has 1 amide bonds. The van der Waals surface area contributed by atoms with E-state index in [2.05, 4.69) is 10.5 Å². The Morgan fingerprint density at radius 2 is 2.33 bits per heavy atom. The summed E-state index contributed by atoms with van der Waals surface area (Å²) in [7, 11) is 0. The molecule has 0 aliphatic heterocycles. The Kier molecular flexibility index (Phi) is 2.86. The fraction of sp³-hybridized carbons (Fsp3) is 0.692. The first-order chi connectivity index (χ1) is 8.69. The summed E-state index contributed by atoms with van der Waals surface area (Å²) in [4.78, 5) is 12.0. The molecule has 1 aromatic heterocycles. The average Bonchev–Trinajstić information content (AvgIpc) is 3.03. The molecule has 1 aromatic rings. The molecule has 1 heterocycles. The van der Waals surface area contributed by atoms with Gasteiger partial charge in [-0.2, -0.15) is 0 Å². The van der Waals surface area contributed by atoms with Crippen molar-refractivity contribution < 1.29 is 14.4 Å². The quantitative estimate of drug-likeness (QED) is 0.843. The van der Waals surface area contributed by atoms with E-state index >= 15 is 0 Å². The molecule has 2 aliphatic carbocycles. The van der Waals surface area contributed by atoms with Crippen molar-refractivity contribution in [2.24, 2.45) is 17.8 Å². The molecule has 5 heteroatoms. The Bertz CT molecular complexity index is 457. The monoisotopic (exact) mass is 250 g/mol. The van der Waals surface area contributed by atoms with Gasteiger partial charge in [0.1, 0.15) is 5.76 Å². The lowest BCUT2D eigenvalue weighted by molar-refractivity contribution is 0.0852. The molecule has 2 aliphatic rings. The highest BCUT2D eigenvalue weighted by molar-refractivity contribution is 5.92. The first-order valence-corrected chi connectivity index (χ1v) is 6.54. The number of rotatable bonds is 3. The van der Waals surface area contributed by atoms with Crippen molar-refractivity contribution in [2.45, 2.75) is 32.2 Å². The predicted molar refractivity (Wildman–Crippen MR) is 63.9 cm³/mol. The fourth-order valence-electron chi connectivity index (χ4n) is 3.60. The normalized spacial score (nSPS) is 33.9. The van der Waals surface area contributed by atoms with Gasteiger partial charge in [-0.25, -0.2) is 0 Å². The molecule has 0 saturated heterocycles. The number of carbonyl (C=O) groups is 1. The number of fused-ring (bicyclic) bond motifs is 2. The van der Waals surface area contributed by atoms with Gasteiger partial charge in [-0.05, 0) is 38.0 Å². The summed E-state index contributed by atoms with van der Waals surface area (Å²) in [6, 6.07) is 1.73. The number of hydrogen-bond acceptors (Lipinski definition) is 4. The minimum absolute atomic E-state index is 0.0956. The highest BCUT2D eigenvalue weighted by Gasteiger charge is 2.47. The van der Waals surface area contributed by atoms with E-state index in [1.54, 1.807) is 13.0 Å². The Hall–Kier alpha value is -1.36. The van der Waals surface area contributed by atoms with Gasteiger partial charge in [-0.15, -0.1) is 0 Å². The summed E-state index contributed by atoms with van der Waals surface area (Å²) in [5.41, 5.74) is 0.326. The van der Waals surface area contributed by atoms with Crippen molar-refractivity contribution in [1.82, 2.24) is 10.5 Å². The molecule has 98 valence electrons. The lowest BCUT2D eigenvalue weighted by atomic mass is 9.85. The molecular formula is C13H18N2O3. The molecule has 4 unspecified atom stereocenters. The van der Waals surface area contributed by atoms with E-state index in [-0.39, 0.29) is 24.5 Å². The average molecular weight is 250 g/mol. The second kappa shape index (κ2) is 4.39. The number of nitrogens with zero attached hydrogens (tertiary/aromatic N) is 1. The van der Waals surface area contributed by atoms with Crippen molar-refractivity contribution >= 4 is 5.91 Å². The summed E-state index contributed by atoms with van der Waals surface area (Å²) < 4.78 is 4.91. The van der Waals surface area contributed by atoms with E-state index in [0.717, 1.165) is 12.8 Å². The predicted octanol–water partition coefficient (Wildman–Crippen LogP) is 1.12. The van der Waals surface area contributed by atoms with Crippen LogP contribution in [0.5, 0.6) is 0 Å². The maximum absolute atomic E-state index is 12.0. The van der Waals surface area contributed by atoms with Gasteiger partial charge in [0, 0.05) is 24.6 Å². The molecule has 4 atom stereocenters. The molecule has 3 rings (SSSR count). The molecule has 18 heavy (non-hydrogen) atoms. The van der Waals surface area contributed by atoms with E-state index < -0.39 is 0 Å². The number of aryl methyl sites for hydroxylation is 1. The Balaban J connectivity index is 1.71. The van der Waals surface area contributed by atoms with Crippen LogP contribution < -0.4 is 5.32 Å². The van der Waals surface area contributed by atoms with Crippen molar-refractivity contribution in [2.75, 3.05) is 6.61 Å². The maximum Gasteiger partial charge on any atom is 0.273 e. The second-order valence-corrected chi connectivity index (χ2v) is 5.50. The van der Waals surface area contributed by atoms with E-state index in [1.807, 2.05) is 0 Å². The van der Waals surface area contributed by atoms with Crippen LogP contribution >= 0.6 is 0 Å². The van der Waals surface area contributed by atoms with Crippen LogP contribution in [0.4, 0.5) is 0 Å². The molecule has 5 nitrogen and oxygen atoms in total. The zero-order valence-electron chi connectivity index (χ0n) is 10.4. The summed E-state index contributed by atoms with van der Waals surface area (Å²) in [5, 5.41) is 16.2. The third-order valence-corrected chi connectivity index (χ3v) is 4.46. The number of amides is 1. The standard InChI is InChI=1S/C13H18N2O3/c1-7-4-11(15-18-7)13(17)14-12-9-3-2-8(5-9)10(12)6-16/h4,8-10,12,16H,2-3,5-6H2,1H3,(H,14,17). The molecule has 2 N–H and O–H groups in total. The lowest BCUT2D eigenvalue weighted by Gasteiger charge is -2.30. The van der Waals surface area contributed by atoms with Crippen LogP contribution in [-0.4, -0.2) is 28.8 Å². The van der Waals surface area contributed by atoms with Gasteiger partial charge in [0.25, 0.3) is 5.91 Å². The van der Waals surface area contributed by atoms with Gasteiger partial charge < -0.3 is 14.9 Å². The minimum atomic E-state index is -0.192. The van der Waals surface area contributed by atoms with Crippen molar-refractivity contribution in [1.29, 1.82) is 0 Å². The van der Waals surface area contributed by atoms with Gasteiger partial charge in [-0.1, -0.05) is 5.16 Å². The van der Waals surface area contributed by atoms with Crippen LogP contribution in [0, 0.1) is 24.7 Å². The number of nitrogens with one attached hydrogen (secondary N) is 1. The van der Waals surface area contributed by atoms with E-state index in [9.17, 15) is 9.90 Å². The Morgan fingerprint density at radius 1 is 1.56 bits per heavy atom. The van der Waals surface area contributed by atoms with E-state index in [1.165, 1.54) is 6.42 Å². The second-order valence-electron chi connectivity index (χ2n) is 5.50. The zero-order valence-corrected chi connectivity index (χ0v) is 10.4. The van der Waals surface area contributed by atoms with Crippen LogP contribution in [0.3, 0.4) is 0 Å².